The lowest BCUT2D eigenvalue weighted by atomic mass is 10.0. The number of hydrogen-bond donors (Lipinski definition) is 1. The number of carbonyl (C=O) groups excluding carboxylic acids is 2. The number of carboxylic acid groups (broad SMARTS) is 1. The third kappa shape index (κ3) is 22.6. The van der Waals surface area contributed by atoms with Crippen LogP contribution in [0.5, 0.6) is 0 Å². The van der Waals surface area contributed by atoms with Crippen molar-refractivity contribution < 1.29 is 29.0 Å². The monoisotopic (exact) mass is 487 g/mol. The molecule has 0 aliphatic heterocycles. The maximum Gasteiger partial charge on any atom is 0.305 e. The molecular weight excluding hydrogens is 430 g/mol. The van der Waals surface area contributed by atoms with Gasteiger partial charge in [-0.05, 0) is 27.2 Å². The Kier molecular flexibility index (Phi) is 27.3. The SMILES string of the molecule is CCCCCCCCCCCCCCCCCC(=O)OCC(O)C[N+](CC)(CC)CC.O=C[O-]. The maximum absolute atomic E-state index is 11.9. The van der Waals surface area contributed by atoms with Gasteiger partial charge >= 0.3 is 5.97 Å². The van der Waals surface area contributed by atoms with E-state index in [1.54, 1.807) is 0 Å². The minimum atomic E-state index is -0.565. The molecule has 0 radical (unpaired) electrons. The second kappa shape index (κ2) is 26.5. The lowest BCUT2D eigenvalue weighted by molar-refractivity contribution is -0.926. The molecule has 0 bridgehead atoms. The number of aliphatic hydroxyl groups excluding tert-OH is 1. The van der Waals surface area contributed by atoms with E-state index in [1.165, 1.54) is 83.5 Å². The number of likely N-dealkylation sites (N-methyl/N-ethyl adjacent to an activating group) is 1. The molecule has 0 fully saturated rings. The molecule has 0 aromatic rings. The summed E-state index contributed by atoms with van der Waals surface area (Å²) in [6.07, 6.45) is 19.8. The minimum Gasteiger partial charge on any atom is -0.554 e. The summed E-state index contributed by atoms with van der Waals surface area (Å²) in [5, 5.41) is 18.5. The van der Waals surface area contributed by atoms with Crippen molar-refractivity contribution in [3.63, 3.8) is 0 Å². The summed E-state index contributed by atoms with van der Waals surface area (Å²) in [6, 6.07) is 0. The van der Waals surface area contributed by atoms with Gasteiger partial charge in [-0.25, -0.2) is 0 Å². The average Bonchev–Trinajstić information content (AvgIpc) is 2.84. The second-order valence-corrected chi connectivity index (χ2v) is 9.61. The molecule has 204 valence electrons. The van der Waals surface area contributed by atoms with Crippen LogP contribution in [0.3, 0.4) is 0 Å². The van der Waals surface area contributed by atoms with E-state index >= 15 is 0 Å². The van der Waals surface area contributed by atoms with Gasteiger partial charge in [0.2, 0.25) is 0 Å². The van der Waals surface area contributed by atoms with Crippen molar-refractivity contribution in [2.75, 3.05) is 32.8 Å². The molecule has 0 saturated carbocycles. The smallest absolute Gasteiger partial charge is 0.305 e. The fourth-order valence-corrected chi connectivity index (χ4v) is 4.46. The van der Waals surface area contributed by atoms with Crippen molar-refractivity contribution in [1.29, 1.82) is 0 Å². The molecule has 0 saturated heterocycles. The number of quaternary nitrogens is 1. The third-order valence-corrected chi connectivity index (χ3v) is 7.03. The zero-order valence-electron chi connectivity index (χ0n) is 23.0. The van der Waals surface area contributed by atoms with E-state index in [-0.39, 0.29) is 12.6 Å². The largest absolute Gasteiger partial charge is 0.554 e. The zero-order valence-corrected chi connectivity index (χ0v) is 23.0. The molecule has 0 aliphatic carbocycles. The van der Waals surface area contributed by atoms with Crippen LogP contribution in [0.2, 0.25) is 0 Å². The van der Waals surface area contributed by atoms with Gasteiger partial charge in [0.15, 0.2) is 0 Å². The van der Waals surface area contributed by atoms with Crippen molar-refractivity contribution in [3.8, 4) is 0 Å². The molecule has 1 unspecified atom stereocenters. The molecule has 1 N–H and O–H groups in total. The van der Waals surface area contributed by atoms with E-state index in [0.29, 0.717) is 13.0 Å². The summed E-state index contributed by atoms with van der Waals surface area (Å²) >= 11 is 0. The molecule has 0 aromatic carbocycles. The Morgan fingerprint density at radius 1 is 0.765 bits per heavy atom. The average molecular weight is 488 g/mol. The van der Waals surface area contributed by atoms with Crippen LogP contribution < -0.4 is 5.11 Å². The van der Waals surface area contributed by atoms with Crippen molar-refractivity contribution >= 4 is 12.4 Å². The standard InChI is InChI=1S/C27H56NO3.CH2O2/c1-5-9-10-11-12-13-14-15-16-17-18-19-20-21-22-23-27(30)31-25-26(29)24-28(6-2,7-3)8-4;2-1-3/h26,29H,5-25H2,1-4H3;1H,(H,2,3)/q+1;/p-1. The molecule has 34 heavy (non-hydrogen) atoms. The number of esters is 1. The Morgan fingerprint density at radius 2 is 1.12 bits per heavy atom. The first-order chi connectivity index (χ1) is 16.4. The van der Waals surface area contributed by atoms with E-state index in [0.717, 1.165) is 37.0 Å². The molecule has 0 spiro atoms. The van der Waals surface area contributed by atoms with Gasteiger partial charge < -0.3 is 24.2 Å². The highest BCUT2D eigenvalue weighted by molar-refractivity contribution is 5.69. The van der Waals surface area contributed by atoms with E-state index < -0.39 is 12.6 Å². The predicted molar refractivity (Wildman–Crippen MR) is 139 cm³/mol. The predicted octanol–water partition coefficient (Wildman–Crippen LogP) is 5.39. The summed E-state index contributed by atoms with van der Waals surface area (Å²) in [5.41, 5.74) is 0. The molecule has 1 atom stereocenters. The number of rotatable bonds is 23. The molecule has 0 rings (SSSR count). The van der Waals surface area contributed by atoms with E-state index in [4.69, 9.17) is 14.6 Å². The highest BCUT2D eigenvalue weighted by Crippen LogP contribution is 2.14. The van der Waals surface area contributed by atoms with Crippen LogP contribution in [0.25, 0.3) is 0 Å². The topological polar surface area (TPSA) is 86.7 Å². The molecular formula is C28H57NO5. The second-order valence-electron chi connectivity index (χ2n) is 9.61. The molecule has 6 nitrogen and oxygen atoms in total. The lowest BCUT2D eigenvalue weighted by Gasteiger charge is -2.37. The van der Waals surface area contributed by atoms with E-state index in [1.807, 2.05) is 0 Å². The van der Waals surface area contributed by atoms with Crippen molar-refractivity contribution in [2.45, 2.75) is 137 Å². The van der Waals surface area contributed by atoms with E-state index in [9.17, 15) is 9.90 Å². The number of ether oxygens (including phenoxy) is 1. The molecule has 0 aromatic heterocycles. The summed E-state index contributed by atoms with van der Waals surface area (Å²) in [6.45, 7) is 12.0. The quantitative estimate of drug-likeness (QED) is 0.0903. The van der Waals surface area contributed by atoms with Crippen LogP contribution in [0, 0.1) is 0 Å². The number of unbranched alkanes of at least 4 members (excludes halogenated alkanes) is 14. The minimum absolute atomic E-state index is 0.136. The highest BCUT2D eigenvalue weighted by Gasteiger charge is 2.25. The van der Waals surface area contributed by atoms with Gasteiger partial charge in [0.05, 0.1) is 19.6 Å². The number of aliphatic hydroxyl groups is 1. The maximum atomic E-state index is 11.9. The Morgan fingerprint density at radius 3 is 1.47 bits per heavy atom. The van der Waals surface area contributed by atoms with Crippen molar-refractivity contribution in [3.05, 3.63) is 0 Å². The van der Waals surface area contributed by atoms with Gasteiger partial charge in [-0.15, -0.1) is 0 Å². The fraction of sp³-hybridized carbons (Fsp3) is 0.929. The van der Waals surface area contributed by atoms with Gasteiger partial charge in [-0.2, -0.15) is 0 Å². The Bertz CT molecular complexity index is 432. The fourth-order valence-electron chi connectivity index (χ4n) is 4.46. The van der Waals surface area contributed by atoms with Gasteiger partial charge in [0, 0.05) is 12.9 Å². The van der Waals surface area contributed by atoms with Crippen LogP contribution >= 0.6 is 0 Å². The Labute approximate surface area is 211 Å². The Balaban J connectivity index is 0. The van der Waals surface area contributed by atoms with Crippen molar-refractivity contribution in [2.24, 2.45) is 0 Å². The van der Waals surface area contributed by atoms with Crippen LogP contribution in [-0.4, -0.2) is 60.9 Å². The third-order valence-electron chi connectivity index (χ3n) is 7.03. The normalized spacial score (nSPS) is 12.0. The number of hydrogen-bond acceptors (Lipinski definition) is 5. The van der Waals surface area contributed by atoms with Gasteiger partial charge in [0.1, 0.15) is 19.3 Å². The molecule has 0 amide bonds. The summed E-state index contributed by atoms with van der Waals surface area (Å²) < 4.78 is 6.18. The first-order valence-corrected chi connectivity index (χ1v) is 14.2. The first kappa shape index (κ1) is 35.0. The van der Waals surface area contributed by atoms with Crippen LogP contribution in [0.4, 0.5) is 0 Å². The Hall–Kier alpha value is -1.14. The first-order valence-electron chi connectivity index (χ1n) is 14.2. The number of carbonyl (C=O) groups is 2. The molecule has 0 heterocycles. The summed E-state index contributed by atoms with van der Waals surface area (Å²) in [7, 11) is 0. The van der Waals surface area contributed by atoms with Gasteiger partial charge in [-0.1, -0.05) is 96.8 Å². The van der Waals surface area contributed by atoms with Gasteiger partial charge in [0.25, 0.3) is 0 Å². The van der Waals surface area contributed by atoms with Crippen LogP contribution in [-0.2, 0) is 14.3 Å². The van der Waals surface area contributed by atoms with Crippen LogP contribution in [0.15, 0.2) is 0 Å². The highest BCUT2D eigenvalue weighted by atomic mass is 16.5. The number of nitrogens with zero attached hydrogens (tertiary/aromatic N) is 1. The van der Waals surface area contributed by atoms with E-state index in [2.05, 4.69) is 27.7 Å². The summed E-state index contributed by atoms with van der Waals surface area (Å²) in [5.74, 6) is -0.156. The molecule has 6 heteroatoms. The van der Waals surface area contributed by atoms with Crippen molar-refractivity contribution in [1.82, 2.24) is 0 Å². The van der Waals surface area contributed by atoms with Crippen LogP contribution in [0.1, 0.15) is 130 Å². The van der Waals surface area contributed by atoms with Gasteiger partial charge in [-0.3, -0.25) is 4.79 Å². The lowest BCUT2D eigenvalue weighted by Crippen LogP contribution is -2.52. The summed E-state index contributed by atoms with van der Waals surface area (Å²) in [4.78, 5) is 20.2. The molecule has 0 aliphatic rings. The zero-order chi connectivity index (χ0) is 25.9.